The zero-order chi connectivity index (χ0) is 19.4. The molecule has 0 aliphatic rings. The van der Waals surface area contributed by atoms with Crippen molar-refractivity contribution < 1.29 is 14.6 Å². The highest BCUT2D eigenvalue weighted by atomic mass is 79.9. The Balaban J connectivity index is 1.82. The van der Waals surface area contributed by atoms with Gasteiger partial charge in [0.15, 0.2) is 0 Å². The minimum absolute atomic E-state index is 0.156. The van der Waals surface area contributed by atoms with Gasteiger partial charge in [-0.1, -0.05) is 30.3 Å². The van der Waals surface area contributed by atoms with Crippen LogP contribution in [0, 0.1) is 0 Å². The molecule has 3 rings (SSSR count). The maximum atomic E-state index is 11.9. The van der Waals surface area contributed by atoms with Gasteiger partial charge in [0.2, 0.25) is 0 Å². The van der Waals surface area contributed by atoms with Crippen molar-refractivity contribution in [3.8, 4) is 0 Å². The summed E-state index contributed by atoms with van der Waals surface area (Å²) in [6.45, 7) is 2.16. The van der Waals surface area contributed by atoms with Crippen LogP contribution in [0.3, 0.4) is 0 Å². The molecule has 142 valence electrons. The molecule has 0 fully saturated rings. The third-order valence-corrected chi connectivity index (χ3v) is 4.89. The molecule has 0 unspecified atom stereocenters. The second-order valence-electron chi connectivity index (χ2n) is 6.35. The Morgan fingerprint density at radius 1 is 1.33 bits per heavy atom. The summed E-state index contributed by atoms with van der Waals surface area (Å²) in [4.78, 5) is 11.9. The number of halogens is 1. The third kappa shape index (κ3) is 4.50. The monoisotopic (exact) mass is 431 g/mol. The number of carbonyl (C=O) groups is 1. The number of nitrogens with two attached hydrogens (primary N) is 1. The van der Waals surface area contributed by atoms with Gasteiger partial charge in [-0.15, -0.1) is 0 Å². The molecule has 6 nitrogen and oxygen atoms in total. The Morgan fingerprint density at radius 2 is 2.07 bits per heavy atom. The van der Waals surface area contributed by atoms with Crippen LogP contribution in [0.2, 0.25) is 0 Å². The van der Waals surface area contributed by atoms with E-state index in [1.807, 2.05) is 53.9 Å². The summed E-state index contributed by atoms with van der Waals surface area (Å²) in [6, 6.07) is 13.0. The first kappa shape index (κ1) is 19.4. The number of amides is 1. The van der Waals surface area contributed by atoms with Crippen molar-refractivity contribution in [1.82, 2.24) is 4.40 Å². The number of pyridine rings is 1. The van der Waals surface area contributed by atoms with E-state index in [9.17, 15) is 9.90 Å². The highest BCUT2D eigenvalue weighted by molar-refractivity contribution is 9.10. The minimum Gasteiger partial charge on any atom is -0.394 e. The topological polar surface area (TPSA) is 89.0 Å². The summed E-state index contributed by atoms with van der Waals surface area (Å²) in [7, 11) is 0. The normalized spacial score (nSPS) is 13.4. The Labute approximate surface area is 166 Å². The number of carbonyl (C=O) groups excluding carboxylic acids is 1. The van der Waals surface area contributed by atoms with Gasteiger partial charge in [-0.2, -0.15) is 0 Å². The molecule has 3 aromatic rings. The summed E-state index contributed by atoms with van der Waals surface area (Å²) < 4.78 is 8.67. The maximum Gasteiger partial charge on any atom is 0.250 e. The SMILES string of the molecule is C[C@@H](OCc1ccccc1)[C@@H](CO)Nc1c(C(N)=O)ccn2cc(Br)cc12. The van der Waals surface area contributed by atoms with E-state index >= 15 is 0 Å². The fourth-order valence-corrected chi connectivity index (χ4v) is 3.35. The minimum atomic E-state index is -0.535. The lowest BCUT2D eigenvalue weighted by atomic mass is 10.1. The van der Waals surface area contributed by atoms with Crippen molar-refractivity contribution in [2.45, 2.75) is 25.7 Å². The number of benzene rings is 1. The second-order valence-corrected chi connectivity index (χ2v) is 7.27. The van der Waals surface area contributed by atoms with Gasteiger partial charge < -0.3 is 25.3 Å². The van der Waals surface area contributed by atoms with Crippen LogP contribution in [0.1, 0.15) is 22.8 Å². The highest BCUT2D eigenvalue weighted by Gasteiger charge is 2.21. The number of ether oxygens (including phenoxy) is 1. The Morgan fingerprint density at radius 3 is 2.74 bits per heavy atom. The number of aliphatic hydroxyl groups excluding tert-OH is 1. The van der Waals surface area contributed by atoms with E-state index in [0.29, 0.717) is 17.9 Å². The first-order valence-electron chi connectivity index (χ1n) is 8.62. The fraction of sp³-hybridized carbons (Fsp3) is 0.250. The molecule has 2 atom stereocenters. The van der Waals surface area contributed by atoms with Crippen LogP contribution in [0.15, 0.2) is 59.3 Å². The molecule has 0 saturated heterocycles. The Hall–Kier alpha value is -2.35. The lowest BCUT2D eigenvalue weighted by molar-refractivity contribution is 0.0276. The van der Waals surface area contributed by atoms with E-state index in [1.165, 1.54) is 0 Å². The summed E-state index contributed by atoms with van der Waals surface area (Å²) in [5.74, 6) is -0.535. The number of rotatable bonds is 8. The number of fused-ring (bicyclic) bond motifs is 1. The molecule has 2 aromatic heterocycles. The van der Waals surface area contributed by atoms with Crippen molar-refractivity contribution >= 4 is 33.0 Å². The average molecular weight is 432 g/mol. The summed E-state index contributed by atoms with van der Waals surface area (Å²) in [5, 5.41) is 13.1. The number of anilines is 1. The average Bonchev–Trinajstić information content (AvgIpc) is 3.05. The van der Waals surface area contributed by atoms with Gasteiger partial charge >= 0.3 is 0 Å². The number of aromatic nitrogens is 1. The fourth-order valence-electron chi connectivity index (χ4n) is 2.92. The quantitative estimate of drug-likeness (QED) is 0.510. The zero-order valence-corrected chi connectivity index (χ0v) is 16.5. The molecule has 0 bridgehead atoms. The molecule has 1 amide bonds. The molecule has 1 aromatic carbocycles. The van der Waals surface area contributed by atoms with Crippen molar-refractivity contribution in [1.29, 1.82) is 0 Å². The third-order valence-electron chi connectivity index (χ3n) is 4.46. The number of primary amides is 1. The van der Waals surface area contributed by atoms with Crippen molar-refractivity contribution in [2.24, 2.45) is 5.73 Å². The van der Waals surface area contributed by atoms with Crippen LogP contribution in [-0.4, -0.2) is 34.2 Å². The molecule has 7 heteroatoms. The van der Waals surface area contributed by atoms with E-state index in [1.54, 1.807) is 12.3 Å². The van der Waals surface area contributed by atoms with E-state index in [4.69, 9.17) is 10.5 Å². The largest absolute Gasteiger partial charge is 0.394 e. The molecule has 2 heterocycles. The molecule has 0 spiro atoms. The van der Waals surface area contributed by atoms with Gasteiger partial charge in [0.1, 0.15) is 0 Å². The number of hydrogen-bond acceptors (Lipinski definition) is 4. The van der Waals surface area contributed by atoms with Crippen LogP contribution in [0.4, 0.5) is 5.69 Å². The predicted molar refractivity (Wildman–Crippen MR) is 109 cm³/mol. The van der Waals surface area contributed by atoms with Gasteiger partial charge in [-0.05, 0) is 40.5 Å². The van der Waals surface area contributed by atoms with E-state index in [-0.39, 0.29) is 12.7 Å². The van der Waals surface area contributed by atoms with Crippen LogP contribution in [0.5, 0.6) is 0 Å². The van der Waals surface area contributed by atoms with Gasteiger partial charge in [0.05, 0.1) is 42.1 Å². The number of aliphatic hydroxyl groups is 1. The first-order chi connectivity index (χ1) is 13.0. The van der Waals surface area contributed by atoms with Gasteiger partial charge in [-0.3, -0.25) is 4.79 Å². The number of hydrogen-bond donors (Lipinski definition) is 3. The van der Waals surface area contributed by atoms with E-state index in [0.717, 1.165) is 15.6 Å². The maximum absolute atomic E-state index is 11.9. The molecule has 4 N–H and O–H groups in total. The highest BCUT2D eigenvalue weighted by Crippen LogP contribution is 2.28. The first-order valence-corrected chi connectivity index (χ1v) is 9.42. The van der Waals surface area contributed by atoms with E-state index < -0.39 is 11.9 Å². The van der Waals surface area contributed by atoms with E-state index in [2.05, 4.69) is 21.2 Å². The molecular formula is C20H22BrN3O3. The van der Waals surface area contributed by atoms with Crippen LogP contribution < -0.4 is 11.1 Å². The number of nitrogens with zero attached hydrogens (tertiary/aromatic N) is 1. The van der Waals surface area contributed by atoms with Gasteiger partial charge in [0, 0.05) is 16.9 Å². The summed E-state index contributed by atoms with van der Waals surface area (Å²) >= 11 is 3.44. The second kappa shape index (κ2) is 8.56. The molecule has 0 aliphatic heterocycles. The van der Waals surface area contributed by atoms with Crippen molar-refractivity contribution in [3.63, 3.8) is 0 Å². The lowest BCUT2D eigenvalue weighted by Gasteiger charge is -2.26. The van der Waals surface area contributed by atoms with Crippen LogP contribution in [-0.2, 0) is 11.3 Å². The summed E-state index contributed by atoms with van der Waals surface area (Å²) in [6.07, 6.45) is 3.36. The number of nitrogens with one attached hydrogen (secondary N) is 1. The lowest BCUT2D eigenvalue weighted by Crippen LogP contribution is -2.37. The smallest absolute Gasteiger partial charge is 0.250 e. The van der Waals surface area contributed by atoms with Gasteiger partial charge in [0.25, 0.3) is 5.91 Å². The Kier molecular flexibility index (Phi) is 6.15. The van der Waals surface area contributed by atoms with Crippen LogP contribution >= 0.6 is 15.9 Å². The van der Waals surface area contributed by atoms with Crippen LogP contribution in [0.25, 0.3) is 5.52 Å². The standard InChI is InChI=1S/C20H22BrN3O3/c1-13(27-12-14-5-3-2-4-6-14)17(11-25)23-19-16(20(22)26)7-8-24-10-15(21)9-18(19)24/h2-10,13,17,23,25H,11-12H2,1H3,(H2,22,26)/t13-,17-/m1/s1. The van der Waals surface area contributed by atoms with Gasteiger partial charge in [-0.25, -0.2) is 0 Å². The zero-order valence-electron chi connectivity index (χ0n) is 14.9. The molecule has 0 saturated carbocycles. The molecule has 0 radical (unpaired) electrons. The molecule has 27 heavy (non-hydrogen) atoms. The Bertz CT molecular complexity index is 927. The molecule has 0 aliphatic carbocycles. The van der Waals surface area contributed by atoms with Crippen molar-refractivity contribution in [2.75, 3.05) is 11.9 Å². The van der Waals surface area contributed by atoms with Crippen molar-refractivity contribution in [3.05, 3.63) is 70.5 Å². The molecular weight excluding hydrogens is 410 g/mol. The predicted octanol–water partition coefficient (Wildman–Crippen LogP) is 3.18. The summed E-state index contributed by atoms with van der Waals surface area (Å²) in [5.41, 5.74) is 8.32.